The summed E-state index contributed by atoms with van der Waals surface area (Å²) in [6.45, 7) is 8.78. The lowest BCUT2D eigenvalue weighted by Crippen LogP contribution is -2.17. The van der Waals surface area contributed by atoms with Crippen molar-refractivity contribution < 1.29 is 34.0 Å². The molecule has 10 nitrogen and oxygen atoms in total. The molecule has 0 aliphatic carbocycles. The quantitative estimate of drug-likeness (QED) is 0.108. The van der Waals surface area contributed by atoms with Gasteiger partial charge >= 0.3 is 0 Å². The molecule has 0 aliphatic heterocycles. The number of rotatable bonds is 15. The molecule has 42 heavy (non-hydrogen) atoms. The van der Waals surface area contributed by atoms with E-state index in [9.17, 15) is 14.7 Å². The second kappa shape index (κ2) is 15.6. The van der Waals surface area contributed by atoms with Crippen LogP contribution in [0.1, 0.15) is 60.2 Å². The topological polar surface area (TPSA) is 152 Å². The number of anilines is 2. The van der Waals surface area contributed by atoms with E-state index in [1.54, 1.807) is 36.4 Å². The summed E-state index contributed by atoms with van der Waals surface area (Å²) in [6.07, 6.45) is -1.11. The number of carbonyl (C=O) groups excluding carboxylic acids is 2. The molecule has 2 amide bonds. The van der Waals surface area contributed by atoms with E-state index in [-0.39, 0.29) is 30.6 Å². The Balaban J connectivity index is 1.86. The van der Waals surface area contributed by atoms with Crippen LogP contribution in [-0.2, 0) is 0 Å². The molecule has 0 bridgehead atoms. The Morgan fingerprint density at radius 2 is 1.43 bits per heavy atom. The average Bonchev–Trinajstić information content (AvgIpc) is 2.95. The minimum Gasteiger partial charge on any atom is -0.491 e. The lowest BCUT2D eigenvalue weighted by molar-refractivity contribution is 0.0998. The minimum atomic E-state index is -1.11. The normalized spacial score (nSPS) is 11.7. The van der Waals surface area contributed by atoms with Crippen molar-refractivity contribution in [3.8, 4) is 17.2 Å². The number of primary amides is 1. The standard InChI is InChI=1S/C31H38IN3O7/c1-18(2)16-41-27-13-20(29(33)37)6-9-24(27)34-31(39)22-7-10-25(28(15-22)42-17-19(3)4)35-30(38)21-5-8-23(32)26(14-21)40-12-11-36/h5-10,13-15,18-19,30,35-36,38H,11-12,16-17H2,1-4H3,(H2,33,37)(H,34,39). The van der Waals surface area contributed by atoms with Crippen LogP contribution in [0.4, 0.5) is 11.4 Å². The molecule has 0 spiro atoms. The maximum absolute atomic E-state index is 13.3. The summed E-state index contributed by atoms with van der Waals surface area (Å²) in [7, 11) is 0. The van der Waals surface area contributed by atoms with Crippen LogP contribution in [0.25, 0.3) is 0 Å². The predicted octanol–water partition coefficient (Wildman–Crippen LogP) is 5.19. The summed E-state index contributed by atoms with van der Waals surface area (Å²) in [5.41, 5.74) is 7.45. The van der Waals surface area contributed by atoms with Gasteiger partial charge in [0.15, 0.2) is 6.23 Å². The number of aliphatic hydroxyl groups is 2. The first-order chi connectivity index (χ1) is 20.0. The number of nitrogens with two attached hydrogens (primary N) is 1. The number of amides is 2. The zero-order valence-corrected chi connectivity index (χ0v) is 26.3. The van der Waals surface area contributed by atoms with Crippen molar-refractivity contribution in [2.75, 3.05) is 37.1 Å². The van der Waals surface area contributed by atoms with Crippen LogP contribution in [0.5, 0.6) is 17.2 Å². The number of carbonyl (C=O) groups is 2. The third kappa shape index (κ3) is 9.50. The maximum atomic E-state index is 13.3. The zero-order chi connectivity index (χ0) is 30.8. The van der Waals surface area contributed by atoms with Gasteiger partial charge in [0.1, 0.15) is 23.9 Å². The summed E-state index contributed by atoms with van der Waals surface area (Å²) in [6, 6.07) is 14.8. The second-order valence-electron chi connectivity index (χ2n) is 10.5. The zero-order valence-electron chi connectivity index (χ0n) is 24.1. The molecule has 1 atom stereocenters. The average molecular weight is 692 g/mol. The van der Waals surface area contributed by atoms with Gasteiger partial charge in [-0.25, -0.2) is 0 Å². The summed E-state index contributed by atoms with van der Waals surface area (Å²) >= 11 is 2.12. The molecule has 11 heteroatoms. The van der Waals surface area contributed by atoms with Crippen molar-refractivity contribution in [1.29, 1.82) is 0 Å². The third-order valence-electron chi connectivity index (χ3n) is 5.81. The Hall–Kier alpha value is -3.55. The molecule has 0 saturated carbocycles. The van der Waals surface area contributed by atoms with E-state index >= 15 is 0 Å². The van der Waals surface area contributed by atoms with E-state index in [2.05, 4.69) is 33.2 Å². The molecular formula is C31H38IN3O7. The molecule has 3 aromatic rings. The van der Waals surface area contributed by atoms with Gasteiger partial charge in [0.25, 0.3) is 5.91 Å². The van der Waals surface area contributed by atoms with Crippen molar-refractivity contribution in [2.24, 2.45) is 17.6 Å². The van der Waals surface area contributed by atoms with Crippen molar-refractivity contribution in [1.82, 2.24) is 0 Å². The highest BCUT2D eigenvalue weighted by Gasteiger charge is 2.18. The van der Waals surface area contributed by atoms with Crippen LogP contribution < -0.4 is 30.6 Å². The van der Waals surface area contributed by atoms with Crippen LogP contribution in [0.3, 0.4) is 0 Å². The molecule has 0 aliphatic rings. The number of halogens is 1. The number of hydrogen-bond acceptors (Lipinski definition) is 8. The highest BCUT2D eigenvalue weighted by Crippen LogP contribution is 2.33. The van der Waals surface area contributed by atoms with E-state index in [1.165, 1.54) is 12.1 Å². The Bertz CT molecular complexity index is 1380. The van der Waals surface area contributed by atoms with Crippen LogP contribution >= 0.6 is 22.6 Å². The summed E-state index contributed by atoms with van der Waals surface area (Å²) < 4.78 is 18.3. The molecule has 0 heterocycles. The van der Waals surface area contributed by atoms with Crippen LogP contribution in [0.15, 0.2) is 54.6 Å². The van der Waals surface area contributed by atoms with Crippen molar-refractivity contribution >= 4 is 45.8 Å². The first kappa shape index (κ1) is 33.0. The maximum Gasteiger partial charge on any atom is 0.255 e. The van der Waals surface area contributed by atoms with E-state index in [0.717, 1.165) is 3.57 Å². The lowest BCUT2D eigenvalue weighted by atomic mass is 10.1. The van der Waals surface area contributed by atoms with Gasteiger partial charge in [0, 0.05) is 16.7 Å². The largest absolute Gasteiger partial charge is 0.491 e. The summed E-state index contributed by atoms with van der Waals surface area (Å²) in [5.74, 6) is 0.698. The number of aliphatic hydroxyl groups excluding tert-OH is 2. The molecule has 3 rings (SSSR count). The fourth-order valence-electron chi connectivity index (χ4n) is 3.69. The highest BCUT2D eigenvalue weighted by molar-refractivity contribution is 14.1. The Morgan fingerprint density at radius 3 is 2.05 bits per heavy atom. The van der Waals surface area contributed by atoms with Gasteiger partial charge in [-0.05, 0) is 83.0 Å². The van der Waals surface area contributed by atoms with Gasteiger partial charge in [-0.1, -0.05) is 33.8 Å². The Kier molecular flexibility index (Phi) is 12.3. The van der Waals surface area contributed by atoms with Gasteiger partial charge in [0.2, 0.25) is 5.91 Å². The highest BCUT2D eigenvalue weighted by atomic mass is 127. The number of hydrogen-bond donors (Lipinski definition) is 5. The van der Waals surface area contributed by atoms with Gasteiger partial charge in [-0.15, -0.1) is 0 Å². The fraction of sp³-hybridized carbons (Fsp3) is 0.355. The molecule has 226 valence electrons. The smallest absolute Gasteiger partial charge is 0.255 e. The summed E-state index contributed by atoms with van der Waals surface area (Å²) in [5, 5.41) is 26.0. The molecule has 0 saturated heterocycles. The van der Waals surface area contributed by atoms with Gasteiger partial charge in [0.05, 0.1) is 34.8 Å². The van der Waals surface area contributed by atoms with E-state index in [0.29, 0.717) is 53.0 Å². The van der Waals surface area contributed by atoms with Crippen LogP contribution in [0.2, 0.25) is 0 Å². The molecule has 0 aromatic heterocycles. The Morgan fingerprint density at radius 1 is 0.833 bits per heavy atom. The van der Waals surface area contributed by atoms with Crippen molar-refractivity contribution in [2.45, 2.75) is 33.9 Å². The van der Waals surface area contributed by atoms with Crippen molar-refractivity contribution in [3.63, 3.8) is 0 Å². The molecular weight excluding hydrogens is 653 g/mol. The number of benzene rings is 3. The van der Waals surface area contributed by atoms with Gasteiger partial charge < -0.3 is 40.8 Å². The lowest BCUT2D eigenvalue weighted by Gasteiger charge is -2.20. The molecule has 3 aromatic carbocycles. The predicted molar refractivity (Wildman–Crippen MR) is 170 cm³/mol. The van der Waals surface area contributed by atoms with E-state index in [4.69, 9.17) is 25.1 Å². The second-order valence-corrected chi connectivity index (χ2v) is 11.6. The number of nitrogens with one attached hydrogen (secondary N) is 2. The molecule has 0 fully saturated rings. The van der Waals surface area contributed by atoms with Gasteiger partial charge in [-0.2, -0.15) is 0 Å². The minimum absolute atomic E-state index is 0.122. The van der Waals surface area contributed by atoms with Gasteiger partial charge in [-0.3, -0.25) is 9.59 Å². The first-order valence-corrected chi connectivity index (χ1v) is 14.7. The first-order valence-electron chi connectivity index (χ1n) is 13.6. The molecule has 1 unspecified atom stereocenters. The molecule has 0 radical (unpaired) electrons. The van der Waals surface area contributed by atoms with E-state index in [1.807, 2.05) is 33.8 Å². The number of ether oxygens (including phenoxy) is 3. The monoisotopic (exact) mass is 691 g/mol. The van der Waals surface area contributed by atoms with Crippen molar-refractivity contribution in [3.05, 3.63) is 74.9 Å². The SMILES string of the molecule is CC(C)COc1cc(C(N)=O)ccc1NC(=O)c1ccc(NC(O)c2ccc(I)c(OCCO)c2)c(OCC(C)C)c1. The summed E-state index contributed by atoms with van der Waals surface area (Å²) in [4.78, 5) is 25.0. The third-order valence-corrected chi connectivity index (χ3v) is 6.71. The van der Waals surface area contributed by atoms with Crippen LogP contribution in [0, 0.1) is 15.4 Å². The molecule has 6 N–H and O–H groups in total. The fourth-order valence-corrected chi connectivity index (χ4v) is 4.19. The van der Waals surface area contributed by atoms with E-state index < -0.39 is 18.0 Å². The van der Waals surface area contributed by atoms with Crippen LogP contribution in [-0.4, -0.2) is 48.5 Å². The Labute approximate surface area is 259 Å².